The van der Waals surface area contributed by atoms with Crippen molar-refractivity contribution in [2.45, 2.75) is 22.8 Å². The Morgan fingerprint density at radius 3 is 2.39 bits per heavy atom. The fraction of sp³-hybridized carbons (Fsp3) is 0.143. The largest absolute Gasteiger partial charge is 0.324 e. The van der Waals surface area contributed by atoms with Gasteiger partial charge in [-0.05, 0) is 52.7 Å². The summed E-state index contributed by atoms with van der Waals surface area (Å²) in [6.07, 6.45) is 0. The Balaban J connectivity index is 2.26. The highest BCUT2D eigenvalue weighted by atomic mass is 79.9. The molecule has 0 aliphatic heterocycles. The number of hydrogen-bond acceptors (Lipinski definition) is 2. The van der Waals surface area contributed by atoms with E-state index in [0.29, 0.717) is 0 Å². The number of benzene rings is 2. The van der Waals surface area contributed by atoms with Gasteiger partial charge in [-0.15, -0.1) is 0 Å². The molecule has 0 bridgehead atoms. The molecule has 2 N–H and O–H groups in total. The van der Waals surface area contributed by atoms with Crippen LogP contribution in [-0.2, 0) is 0 Å². The fourth-order valence-electron chi connectivity index (χ4n) is 1.60. The van der Waals surface area contributed by atoms with Crippen molar-refractivity contribution in [2.75, 3.05) is 0 Å². The van der Waals surface area contributed by atoms with Crippen molar-refractivity contribution in [1.29, 1.82) is 0 Å². The van der Waals surface area contributed by atoms with Gasteiger partial charge in [-0.1, -0.05) is 45.9 Å². The lowest BCUT2D eigenvalue weighted by Gasteiger charge is -2.10. The van der Waals surface area contributed by atoms with Crippen molar-refractivity contribution >= 4 is 43.6 Å². The smallest absolute Gasteiger partial charge is 0.0314 e. The fourth-order valence-corrected chi connectivity index (χ4v) is 3.89. The molecule has 0 radical (unpaired) electrons. The molecule has 0 spiro atoms. The number of nitrogens with two attached hydrogens (primary N) is 1. The van der Waals surface area contributed by atoms with E-state index in [1.165, 1.54) is 9.79 Å². The first kappa shape index (κ1) is 14.1. The van der Waals surface area contributed by atoms with Gasteiger partial charge in [-0.25, -0.2) is 0 Å². The molecule has 2 rings (SSSR count). The van der Waals surface area contributed by atoms with Gasteiger partial charge in [0.05, 0.1) is 0 Å². The summed E-state index contributed by atoms with van der Waals surface area (Å²) < 4.78 is 2.18. The van der Waals surface area contributed by atoms with Crippen molar-refractivity contribution in [2.24, 2.45) is 5.73 Å². The minimum Gasteiger partial charge on any atom is -0.324 e. The second-order valence-electron chi connectivity index (χ2n) is 4.00. The minimum atomic E-state index is 0.0434. The van der Waals surface area contributed by atoms with Crippen molar-refractivity contribution in [3.05, 3.63) is 57.0 Å². The molecular weight excluding hydrogens is 374 g/mol. The Labute approximate surface area is 128 Å². The predicted octanol–water partition coefficient (Wildman–Crippen LogP) is 5.38. The molecule has 18 heavy (non-hydrogen) atoms. The summed E-state index contributed by atoms with van der Waals surface area (Å²) in [6, 6.07) is 14.5. The zero-order chi connectivity index (χ0) is 13.1. The standard InChI is InChI=1S/C14H13Br2NS/c1-9(17)11-7-6-10(8-13(11)16)18-14-5-3-2-4-12(14)15/h2-9H,17H2,1H3. The average molecular weight is 387 g/mol. The highest BCUT2D eigenvalue weighted by Crippen LogP contribution is 2.35. The maximum Gasteiger partial charge on any atom is 0.0314 e. The molecule has 2 aromatic rings. The summed E-state index contributed by atoms with van der Waals surface area (Å²) in [7, 11) is 0. The van der Waals surface area contributed by atoms with Gasteiger partial charge in [0.2, 0.25) is 0 Å². The molecule has 0 amide bonds. The lowest BCUT2D eigenvalue weighted by molar-refractivity contribution is 0.811. The van der Waals surface area contributed by atoms with Crippen LogP contribution in [0.15, 0.2) is 61.2 Å². The van der Waals surface area contributed by atoms with Crippen LogP contribution in [0.2, 0.25) is 0 Å². The maximum atomic E-state index is 5.90. The minimum absolute atomic E-state index is 0.0434. The highest BCUT2D eigenvalue weighted by molar-refractivity contribution is 9.10. The lowest BCUT2D eigenvalue weighted by Crippen LogP contribution is -2.05. The maximum absolute atomic E-state index is 5.90. The van der Waals surface area contributed by atoms with Crippen molar-refractivity contribution < 1.29 is 0 Å². The lowest BCUT2D eigenvalue weighted by atomic mass is 10.1. The third-order valence-corrected chi connectivity index (χ3v) is 5.23. The van der Waals surface area contributed by atoms with Gasteiger partial charge < -0.3 is 5.73 Å². The Kier molecular flexibility index (Phi) is 4.90. The number of hydrogen-bond donors (Lipinski definition) is 1. The van der Waals surface area contributed by atoms with Crippen LogP contribution >= 0.6 is 43.6 Å². The number of rotatable bonds is 3. The summed E-state index contributed by atoms with van der Waals surface area (Å²) >= 11 is 8.86. The van der Waals surface area contributed by atoms with E-state index < -0.39 is 0 Å². The van der Waals surface area contributed by atoms with Crippen LogP contribution in [0.5, 0.6) is 0 Å². The van der Waals surface area contributed by atoms with Crippen LogP contribution in [-0.4, -0.2) is 0 Å². The third kappa shape index (κ3) is 3.38. The zero-order valence-electron chi connectivity index (χ0n) is 9.86. The molecular formula is C14H13Br2NS. The van der Waals surface area contributed by atoms with E-state index in [0.717, 1.165) is 14.5 Å². The molecule has 94 valence electrons. The van der Waals surface area contributed by atoms with Gasteiger partial charge >= 0.3 is 0 Å². The second-order valence-corrected chi connectivity index (χ2v) is 6.83. The van der Waals surface area contributed by atoms with Crippen molar-refractivity contribution in [3.63, 3.8) is 0 Å². The van der Waals surface area contributed by atoms with Gasteiger partial charge in [0, 0.05) is 24.8 Å². The molecule has 1 atom stereocenters. The van der Waals surface area contributed by atoms with Crippen molar-refractivity contribution in [3.8, 4) is 0 Å². The van der Waals surface area contributed by atoms with E-state index >= 15 is 0 Å². The van der Waals surface area contributed by atoms with Crippen LogP contribution < -0.4 is 5.73 Å². The highest BCUT2D eigenvalue weighted by Gasteiger charge is 2.07. The summed E-state index contributed by atoms with van der Waals surface area (Å²) in [5.41, 5.74) is 7.03. The quantitative estimate of drug-likeness (QED) is 0.765. The SMILES string of the molecule is CC(N)c1ccc(Sc2ccccc2Br)cc1Br. The van der Waals surface area contributed by atoms with Gasteiger partial charge in [-0.3, -0.25) is 0 Å². The summed E-state index contributed by atoms with van der Waals surface area (Å²) in [5.74, 6) is 0. The summed E-state index contributed by atoms with van der Waals surface area (Å²) in [5, 5.41) is 0. The molecule has 0 aliphatic carbocycles. The van der Waals surface area contributed by atoms with E-state index in [1.807, 2.05) is 25.1 Å². The molecule has 0 saturated heterocycles. The van der Waals surface area contributed by atoms with Gasteiger partial charge in [-0.2, -0.15) is 0 Å². The predicted molar refractivity (Wildman–Crippen MR) is 85.0 cm³/mol. The second kappa shape index (κ2) is 6.24. The van der Waals surface area contributed by atoms with Crippen LogP contribution in [0.3, 0.4) is 0 Å². The van der Waals surface area contributed by atoms with Crippen LogP contribution in [0.1, 0.15) is 18.5 Å². The summed E-state index contributed by atoms with van der Waals surface area (Å²) in [6.45, 7) is 1.99. The van der Waals surface area contributed by atoms with E-state index in [2.05, 4.69) is 56.1 Å². The van der Waals surface area contributed by atoms with E-state index in [4.69, 9.17) is 5.73 Å². The molecule has 1 nitrogen and oxygen atoms in total. The molecule has 0 heterocycles. The Hall–Kier alpha value is -0.290. The molecule has 0 aromatic heterocycles. The van der Waals surface area contributed by atoms with Crippen LogP contribution in [0, 0.1) is 0 Å². The Morgan fingerprint density at radius 2 is 1.78 bits per heavy atom. The topological polar surface area (TPSA) is 26.0 Å². The summed E-state index contributed by atoms with van der Waals surface area (Å²) in [4.78, 5) is 2.40. The molecule has 0 saturated carbocycles. The normalized spacial score (nSPS) is 12.4. The molecule has 4 heteroatoms. The monoisotopic (exact) mass is 385 g/mol. The Bertz CT molecular complexity index is 555. The number of halogens is 2. The van der Waals surface area contributed by atoms with E-state index in [-0.39, 0.29) is 6.04 Å². The molecule has 0 aliphatic rings. The zero-order valence-corrected chi connectivity index (χ0v) is 13.8. The van der Waals surface area contributed by atoms with Crippen LogP contribution in [0.4, 0.5) is 0 Å². The van der Waals surface area contributed by atoms with Crippen LogP contribution in [0.25, 0.3) is 0 Å². The van der Waals surface area contributed by atoms with Gasteiger partial charge in [0.1, 0.15) is 0 Å². The third-order valence-electron chi connectivity index (χ3n) is 2.53. The van der Waals surface area contributed by atoms with Gasteiger partial charge in [0.25, 0.3) is 0 Å². The molecule has 0 fully saturated rings. The molecule has 2 aromatic carbocycles. The van der Waals surface area contributed by atoms with Crippen molar-refractivity contribution in [1.82, 2.24) is 0 Å². The first-order valence-corrected chi connectivity index (χ1v) is 7.95. The van der Waals surface area contributed by atoms with E-state index in [9.17, 15) is 0 Å². The first-order valence-electron chi connectivity index (χ1n) is 5.55. The Morgan fingerprint density at radius 1 is 1.06 bits per heavy atom. The van der Waals surface area contributed by atoms with Gasteiger partial charge in [0.15, 0.2) is 0 Å². The molecule has 1 unspecified atom stereocenters. The average Bonchev–Trinajstić information content (AvgIpc) is 2.32. The van der Waals surface area contributed by atoms with E-state index in [1.54, 1.807) is 11.8 Å². The first-order chi connectivity index (χ1) is 8.58.